The normalized spacial score (nSPS) is 10.8. The highest BCUT2D eigenvalue weighted by Gasteiger charge is 2.08. The third-order valence-corrected chi connectivity index (χ3v) is 5.20. The van der Waals surface area contributed by atoms with Crippen LogP contribution >= 0.6 is 0 Å². The first-order valence-corrected chi connectivity index (χ1v) is 12.0. The van der Waals surface area contributed by atoms with Crippen molar-refractivity contribution >= 4 is 24.0 Å². The molecule has 7 nitrogen and oxygen atoms in total. The molecule has 0 aliphatic rings. The third-order valence-electron chi connectivity index (χ3n) is 5.20. The molecule has 0 radical (unpaired) electrons. The Morgan fingerprint density at radius 3 is 2.32 bits per heavy atom. The molecule has 7 heteroatoms. The van der Waals surface area contributed by atoms with E-state index in [0.717, 1.165) is 30.4 Å². The molecule has 0 aliphatic carbocycles. The fourth-order valence-corrected chi connectivity index (χ4v) is 3.29. The molecule has 0 saturated carbocycles. The van der Waals surface area contributed by atoms with E-state index in [1.165, 1.54) is 31.9 Å². The van der Waals surface area contributed by atoms with Crippen molar-refractivity contribution in [1.29, 1.82) is 0 Å². The summed E-state index contributed by atoms with van der Waals surface area (Å²) in [6.45, 7) is 3.99. The summed E-state index contributed by atoms with van der Waals surface area (Å²) in [5.74, 6) is -0.529. The Hall–Kier alpha value is -3.48. The molecule has 182 valence electrons. The topological polar surface area (TPSA) is 96.9 Å². The predicted molar refractivity (Wildman–Crippen MR) is 134 cm³/mol. The van der Waals surface area contributed by atoms with Crippen molar-refractivity contribution < 1.29 is 19.1 Å². The van der Waals surface area contributed by atoms with Crippen molar-refractivity contribution in [1.82, 2.24) is 10.7 Å². The summed E-state index contributed by atoms with van der Waals surface area (Å²) in [6.07, 6.45) is 9.92. The summed E-state index contributed by atoms with van der Waals surface area (Å²) in [4.78, 5) is 35.9. The quantitative estimate of drug-likeness (QED) is 0.136. The van der Waals surface area contributed by atoms with Crippen LogP contribution in [0.1, 0.15) is 79.8 Å². The summed E-state index contributed by atoms with van der Waals surface area (Å²) < 4.78 is 5.37. The molecule has 0 unspecified atom stereocenters. The van der Waals surface area contributed by atoms with Gasteiger partial charge in [-0.15, -0.1) is 0 Å². The van der Waals surface area contributed by atoms with E-state index in [-0.39, 0.29) is 12.5 Å². The molecule has 0 saturated heterocycles. The van der Waals surface area contributed by atoms with E-state index in [9.17, 15) is 14.4 Å². The van der Waals surface area contributed by atoms with Crippen LogP contribution < -0.4 is 15.5 Å². The fourth-order valence-electron chi connectivity index (χ4n) is 3.29. The largest absolute Gasteiger partial charge is 0.423 e. The van der Waals surface area contributed by atoms with Crippen LogP contribution in [0.15, 0.2) is 53.6 Å². The van der Waals surface area contributed by atoms with Gasteiger partial charge in [-0.25, -0.2) is 10.2 Å². The number of carbonyl (C=O) groups excluding carboxylic acids is 3. The summed E-state index contributed by atoms with van der Waals surface area (Å²) in [6, 6.07) is 13.9. The van der Waals surface area contributed by atoms with Crippen molar-refractivity contribution in [2.45, 2.75) is 65.2 Å². The standard InChI is InChI=1S/C27H35N3O4/c1-3-4-5-6-7-8-9-13-25(31)28-20-26(32)30-29-19-22-14-16-24(17-15-22)34-27(33)23-12-10-11-21(2)18-23/h10-12,14-19H,3-9,13,20H2,1-2H3,(H,28,31)(H,30,32). The van der Waals surface area contributed by atoms with Gasteiger partial charge in [0.25, 0.3) is 5.91 Å². The number of carbonyl (C=O) groups is 3. The Bertz CT molecular complexity index is 955. The molecule has 0 heterocycles. The van der Waals surface area contributed by atoms with Gasteiger partial charge in [0.05, 0.1) is 18.3 Å². The third kappa shape index (κ3) is 10.9. The van der Waals surface area contributed by atoms with Crippen LogP contribution in [0.25, 0.3) is 0 Å². The van der Waals surface area contributed by atoms with Gasteiger partial charge in [0, 0.05) is 6.42 Å². The summed E-state index contributed by atoms with van der Waals surface area (Å²) >= 11 is 0. The minimum absolute atomic E-state index is 0.111. The van der Waals surface area contributed by atoms with Crippen LogP contribution in [0, 0.1) is 6.92 Å². The maximum atomic E-state index is 12.2. The molecule has 0 aliphatic heterocycles. The fraction of sp³-hybridized carbons (Fsp3) is 0.407. The lowest BCUT2D eigenvalue weighted by atomic mass is 10.1. The van der Waals surface area contributed by atoms with Gasteiger partial charge < -0.3 is 10.1 Å². The number of benzene rings is 2. The first kappa shape index (κ1) is 26.8. The molecule has 34 heavy (non-hydrogen) atoms. The lowest BCUT2D eigenvalue weighted by Gasteiger charge is -2.05. The Morgan fingerprint density at radius 2 is 1.62 bits per heavy atom. The second-order valence-electron chi connectivity index (χ2n) is 8.27. The molecule has 0 atom stereocenters. The van der Waals surface area contributed by atoms with Crippen LogP contribution in [0.3, 0.4) is 0 Å². The van der Waals surface area contributed by atoms with Crippen molar-refractivity contribution in [3.05, 3.63) is 65.2 Å². The van der Waals surface area contributed by atoms with E-state index in [1.54, 1.807) is 36.4 Å². The molecule has 2 aromatic rings. The summed E-state index contributed by atoms with van der Waals surface area (Å²) in [7, 11) is 0. The number of aryl methyl sites for hydroxylation is 1. The SMILES string of the molecule is CCCCCCCCCC(=O)NCC(=O)NN=Cc1ccc(OC(=O)c2cccc(C)c2)cc1. The maximum Gasteiger partial charge on any atom is 0.343 e. The highest BCUT2D eigenvalue weighted by atomic mass is 16.5. The smallest absolute Gasteiger partial charge is 0.343 e. The van der Waals surface area contributed by atoms with Gasteiger partial charge in [0.1, 0.15) is 5.75 Å². The molecule has 2 aromatic carbocycles. The first-order chi connectivity index (χ1) is 16.5. The lowest BCUT2D eigenvalue weighted by Crippen LogP contribution is -2.34. The number of esters is 1. The van der Waals surface area contributed by atoms with Gasteiger partial charge in [-0.05, 0) is 55.3 Å². The highest BCUT2D eigenvalue weighted by molar-refractivity contribution is 5.91. The first-order valence-electron chi connectivity index (χ1n) is 12.0. The van der Waals surface area contributed by atoms with E-state index in [4.69, 9.17) is 4.74 Å². The van der Waals surface area contributed by atoms with Gasteiger partial charge >= 0.3 is 5.97 Å². The number of unbranched alkanes of at least 4 members (excludes halogenated alkanes) is 6. The van der Waals surface area contributed by atoms with Crippen LogP contribution in [0.5, 0.6) is 5.75 Å². The Balaban J connectivity index is 1.63. The highest BCUT2D eigenvalue weighted by Crippen LogP contribution is 2.14. The van der Waals surface area contributed by atoms with Gasteiger partial charge in [-0.3, -0.25) is 9.59 Å². The van der Waals surface area contributed by atoms with Crippen LogP contribution in [0.2, 0.25) is 0 Å². The van der Waals surface area contributed by atoms with Gasteiger partial charge in [-0.1, -0.05) is 63.1 Å². The molecule has 2 amide bonds. The van der Waals surface area contributed by atoms with E-state index in [1.807, 2.05) is 19.1 Å². The Kier molecular flexibility index (Phi) is 12.1. The number of hydrazone groups is 1. The van der Waals surface area contributed by atoms with E-state index in [2.05, 4.69) is 22.8 Å². The van der Waals surface area contributed by atoms with E-state index in [0.29, 0.717) is 17.7 Å². The zero-order chi connectivity index (χ0) is 24.6. The predicted octanol–water partition coefficient (Wildman–Crippen LogP) is 4.92. The number of hydrogen-bond donors (Lipinski definition) is 2. The monoisotopic (exact) mass is 465 g/mol. The average molecular weight is 466 g/mol. The second-order valence-corrected chi connectivity index (χ2v) is 8.27. The zero-order valence-corrected chi connectivity index (χ0v) is 20.1. The van der Waals surface area contributed by atoms with E-state index < -0.39 is 11.9 Å². The van der Waals surface area contributed by atoms with Gasteiger partial charge in [0.15, 0.2) is 0 Å². The molecule has 2 rings (SSSR count). The molecular formula is C27H35N3O4. The molecule has 0 spiro atoms. The van der Waals surface area contributed by atoms with Gasteiger partial charge in [0.2, 0.25) is 5.91 Å². The average Bonchev–Trinajstić information content (AvgIpc) is 2.83. The molecular weight excluding hydrogens is 430 g/mol. The Morgan fingerprint density at radius 1 is 0.912 bits per heavy atom. The lowest BCUT2D eigenvalue weighted by molar-refractivity contribution is -0.126. The molecule has 0 aromatic heterocycles. The van der Waals surface area contributed by atoms with Gasteiger partial charge in [-0.2, -0.15) is 5.10 Å². The number of nitrogens with zero attached hydrogens (tertiary/aromatic N) is 1. The number of nitrogens with one attached hydrogen (secondary N) is 2. The van der Waals surface area contributed by atoms with Crippen molar-refractivity contribution in [2.75, 3.05) is 6.54 Å². The molecule has 0 fully saturated rings. The van der Waals surface area contributed by atoms with Crippen molar-refractivity contribution in [3.8, 4) is 5.75 Å². The van der Waals surface area contributed by atoms with Crippen LogP contribution in [-0.2, 0) is 9.59 Å². The minimum atomic E-state index is -0.425. The summed E-state index contributed by atoms with van der Waals surface area (Å²) in [5, 5.41) is 6.51. The van der Waals surface area contributed by atoms with Crippen molar-refractivity contribution in [3.63, 3.8) is 0 Å². The van der Waals surface area contributed by atoms with Crippen molar-refractivity contribution in [2.24, 2.45) is 5.10 Å². The maximum absolute atomic E-state index is 12.2. The number of rotatable bonds is 14. The zero-order valence-electron chi connectivity index (χ0n) is 20.1. The molecule has 0 bridgehead atoms. The molecule has 2 N–H and O–H groups in total. The Labute approximate surface area is 202 Å². The number of amides is 2. The minimum Gasteiger partial charge on any atom is -0.423 e. The number of hydrogen-bond acceptors (Lipinski definition) is 5. The number of ether oxygens (including phenoxy) is 1. The second kappa shape index (κ2) is 15.4. The van der Waals surface area contributed by atoms with Crippen LogP contribution in [0.4, 0.5) is 0 Å². The van der Waals surface area contributed by atoms with E-state index >= 15 is 0 Å². The summed E-state index contributed by atoms with van der Waals surface area (Å²) in [5.41, 5.74) is 4.58. The van der Waals surface area contributed by atoms with Crippen LogP contribution in [-0.4, -0.2) is 30.5 Å².